The van der Waals surface area contributed by atoms with Crippen LogP contribution in [0, 0.1) is 17.7 Å². The molecule has 5 rings (SSSR count). The van der Waals surface area contributed by atoms with Gasteiger partial charge in [-0.05, 0) is 67.1 Å². The Balaban J connectivity index is 1.47. The summed E-state index contributed by atoms with van der Waals surface area (Å²) in [6.45, 7) is 1.70. The lowest BCUT2D eigenvalue weighted by molar-refractivity contribution is -0.143. The molecule has 1 saturated carbocycles. The highest BCUT2D eigenvalue weighted by Gasteiger charge is 2.51. The molecule has 1 aliphatic carbocycles. The number of likely N-dealkylation sites (tertiary alicyclic amines) is 1. The van der Waals surface area contributed by atoms with Gasteiger partial charge in [-0.1, -0.05) is 12.1 Å². The van der Waals surface area contributed by atoms with E-state index in [1.807, 2.05) is 0 Å². The van der Waals surface area contributed by atoms with E-state index in [-0.39, 0.29) is 30.1 Å². The van der Waals surface area contributed by atoms with Crippen molar-refractivity contribution in [3.63, 3.8) is 0 Å². The quantitative estimate of drug-likeness (QED) is 0.341. The van der Waals surface area contributed by atoms with Gasteiger partial charge in [-0.15, -0.1) is 0 Å². The van der Waals surface area contributed by atoms with Crippen LogP contribution in [0.4, 0.5) is 30.7 Å². The van der Waals surface area contributed by atoms with Gasteiger partial charge in [0, 0.05) is 24.5 Å². The van der Waals surface area contributed by atoms with Gasteiger partial charge in [-0.2, -0.15) is 26.3 Å². The zero-order chi connectivity index (χ0) is 29.0. The van der Waals surface area contributed by atoms with Gasteiger partial charge >= 0.3 is 18.3 Å². The zero-order valence-corrected chi connectivity index (χ0v) is 21.2. The molecule has 6 atom stereocenters. The van der Waals surface area contributed by atoms with Gasteiger partial charge in [0.15, 0.2) is 0 Å². The van der Waals surface area contributed by atoms with E-state index in [0.29, 0.717) is 42.8 Å². The molecule has 5 nitrogen and oxygen atoms in total. The number of carbonyl (C=O) groups is 1. The number of esters is 1. The number of rotatable bonds is 5. The van der Waals surface area contributed by atoms with Crippen LogP contribution in [-0.4, -0.2) is 41.5 Å². The number of hydrogen-bond donors (Lipinski definition) is 1. The van der Waals surface area contributed by atoms with Crippen molar-refractivity contribution >= 4 is 5.97 Å². The lowest BCUT2D eigenvalue weighted by Crippen LogP contribution is -2.39. The first-order valence-corrected chi connectivity index (χ1v) is 12.7. The third-order valence-electron chi connectivity index (χ3n) is 8.03. The summed E-state index contributed by atoms with van der Waals surface area (Å²) in [4.78, 5) is 13.3. The standard InChI is InChI=1S/C28H26F7NO4/c1-14(16-8-17(27(30,31)32)10-18(9-16)28(33,34)35)40-23-7-6-21-22(25(23)15-2-4-19(29)5-3-15)12-36(26(21)38)20-11-24(37)39-13-20/h2-5,8-11,14,21-23,25-26,38H,6-7,12-13H2,1H3/t14-,21+,22-,23+,25+,26?/m1/s1. The maximum Gasteiger partial charge on any atom is 0.416 e. The van der Waals surface area contributed by atoms with Gasteiger partial charge in [0.05, 0.1) is 29.0 Å². The van der Waals surface area contributed by atoms with Crippen LogP contribution in [0.15, 0.2) is 54.2 Å². The van der Waals surface area contributed by atoms with Crippen molar-refractivity contribution < 1.29 is 50.1 Å². The number of aliphatic hydroxyl groups excluding tert-OH is 1. The fraction of sp³-hybridized carbons (Fsp3) is 0.464. The highest BCUT2D eigenvalue weighted by molar-refractivity contribution is 5.85. The first-order chi connectivity index (χ1) is 18.7. The monoisotopic (exact) mass is 573 g/mol. The number of carbonyl (C=O) groups excluding carboxylic acids is 1. The maximum absolute atomic E-state index is 13.8. The lowest BCUT2D eigenvalue weighted by atomic mass is 9.69. The van der Waals surface area contributed by atoms with Gasteiger partial charge in [0.1, 0.15) is 18.7 Å². The van der Waals surface area contributed by atoms with Crippen LogP contribution in [0.3, 0.4) is 0 Å². The average molecular weight is 574 g/mol. The van der Waals surface area contributed by atoms with Crippen LogP contribution in [0.2, 0.25) is 0 Å². The number of halogens is 7. The molecule has 1 unspecified atom stereocenters. The van der Waals surface area contributed by atoms with Crippen molar-refractivity contribution in [1.82, 2.24) is 4.90 Å². The number of ether oxygens (including phenoxy) is 2. The van der Waals surface area contributed by atoms with Crippen molar-refractivity contribution in [3.05, 3.63) is 82.3 Å². The fourth-order valence-corrected chi connectivity index (χ4v) is 6.15. The number of aliphatic hydroxyl groups is 1. The van der Waals surface area contributed by atoms with E-state index in [0.717, 1.165) is 0 Å². The number of benzene rings is 2. The van der Waals surface area contributed by atoms with Crippen LogP contribution < -0.4 is 0 Å². The third kappa shape index (κ3) is 5.56. The molecule has 2 aromatic rings. The van der Waals surface area contributed by atoms with Crippen molar-refractivity contribution in [2.45, 2.75) is 56.5 Å². The summed E-state index contributed by atoms with van der Waals surface area (Å²) in [7, 11) is 0. The van der Waals surface area contributed by atoms with Crippen molar-refractivity contribution in [1.29, 1.82) is 0 Å². The van der Waals surface area contributed by atoms with Crippen molar-refractivity contribution in [2.75, 3.05) is 13.2 Å². The summed E-state index contributed by atoms with van der Waals surface area (Å²) in [5, 5.41) is 11.1. The Bertz CT molecular complexity index is 1260. The second kappa shape index (κ2) is 10.4. The second-order valence-electron chi connectivity index (χ2n) is 10.4. The van der Waals surface area contributed by atoms with E-state index in [9.17, 15) is 40.6 Å². The van der Waals surface area contributed by atoms with Crippen molar-refractivity contribution in [3.8, 4) is 0 Å². The minimum absolute atomic E-state index is 0.00456. The Labute approximate surface area is 225 Å². The predicted octanol–water partition coefficient (Wildman–Crippen LogP) is 6.19. The SMILES string of the molecule is C[C@@H](O[C@H]1CC[C@@H]2C(O)N(C3=CC(=O)OC3)C[C@H]2[C@@H]1c1ccc(F)cc1)c1cc(C(F)(F)F)cc(C(F)(F)F)c1. The number of nitrogens with zero attached hydrogens (tertiary/aromatic N) is 1. The smallest absolute Gasteiger partial charge is 0.416 e. The van der Waals surface area contributed by atoms with Crippen molar-refractivity contribution in [2.24, 2.45) is 11.8 Å². The summed E-state index contributed by atoms with van der Waals surface area (Å²) in [5.41, 5.74) is -1.96. The Morgan fingerprint density at radius 2 is 1.60 bits per heavy atom. The molecule has 3 aliphatic rings. The molecule has 0 amide bonds. The van der Waals surface area contributed by atoms with Gasteiger partial charge in [0.25, 0.3) is 0 Å². The highest BCUT2D eigenvalue weighted by atomic mass is 19.4. The molecule has 0 radical (unpaired) electrons. The van der Waals surface area contributed by atoms with E-state index < -0.39 is 59.6 Å². The number of cyclic esters (lactones) is 1. The molecule has 40 heavy (non-hydrogen) atoms. The van der Waals surface area contributed by atoms with E-state index in [4.69, 9.17) is 9.47 Å². The first-order valence-electron chi connectivity index (χ1n) is 12.7. The van der Waals surface area contributed by atoms with Crippen LogP contribution in [0.5, 0.6) is 0 Å². The van der Waals surface area contributed by atoms with Crippen LogP contribution in [0.1, 0.15) is 54.0 Å². The summed E-state index contributed by atoms with van der Waals surface area (Å²) in [6, 6.07) is 7.03. The van der Waals surface area contributed by atoms with Crippen LogP contribution in [0.25, 0.3) is 0 Å². The van der Waals surface area contributed by atoms with Crippen LogP contribution in [-0.2, 0) is 26.6 Å². The predicted molar refractivity (Wildman–Crippen MR) is 127 cm³/mol. The molecule has 2 heterocycles. The Kier molecular flexibility index (Phi) is 7.37. The molecule has 12 heteroatoms. The summed E-state index contributed by atoms with van der Waals surface area (Å²) < 4.78 is 106. The van der Waals surface area contributed by atoms with Gasteiger partial charge in [0.2, 0.25) is 0 Å². The number of alkyl halides is 6. The molecule has 2 aliphatic heterocycles. The molecule has 0 bridgehead atoms. The first kappa shape index (κ1) is 28.4. The average Bonchev–Trinajstić information content (AvgIpc) is 3.46. The molecule has 1 N–H and O–H groups in total. The molecular weight excluding hydrogens is 547 g/mol. The Morgan fingerprint density at radius 3 is 2.15 bits per heavy atom. The van der Waals surface area contributed by atoms with E-state index in [1.54, 1.807) is 17.0 Å². The van der Waals surface area contributed by atoms with Gasteiger partial charge in [-0.3, -0.25) is 0 Å². The summed E-state index contributed by atoms with van der Waals surface area (Å²) in [6.07, 6.45) is -10.6. The van der Waals surface area contributed by atoms with Crippen LogP contribution >= 0.6 is 0 Å². The molecule has 1 saturated heterocycles. The Hall–Kier alpha value is -3.12. The van der Waals surface area contributed by atoms with E-state index in [2.05, 4.69) is 0 Å². The third-order valence-corrected chi connectivity index (χ3v) is 8.03. The lowest BCUT2D eigenvalue weighted by Gasteiger charge is -2.41. The fourth-order valence-electron chi connectivity index (χ4n) is 6.15. The molecule has 216 valence electrons. The number of fused-ring (bicyclic) bond motifs is 1. The molecule has 0 spiro atoms. The largest absolute Gasteiger partial charge is 0.456 e. The summed E-state index contributed by atoms with van der Waals surface area (Å²) in [5.74, 6) is -2.01. The highest BCUT2D eigenvalue weighted by Crippen LogP contribution is 2.50. The van der Waals surface area contributed by atoms with Gasteiger partial charge < -0.3 is 19.5 Å². The van der Waals surface area contributed by atoms with Gasteiger partial charge in [-0.25, -0.2) is 9.18 Å². The molecule has 2 aromatic carbocycles. The molecule has 0 aromatic heterocycles. The Morgan fingerprint density at radius 1 is 0.975 bits per heavy atom. The zero-order valence-electron chi connectivity index (χ0n) is 21.2. The topological polar surface area (TPSA) is 59.0 Å². The summed E-state index contributed by atoms with van der Waals surface area (Å²) >= 11 is 0. The maximum atomic E-state index is 13.8. The minimum atomic E-state index is -4.99. The number of hydrogen-bond acceptors (Lipinski definition) is 5. The molecular formula is C28H26F7NO4. The van der Waals surface area contributed by atoms with E-state index in [1.165, 1.54) is 25.1 Å². The second-order valence-corrected chi connectivity index (χ2v) is 10.4. The molecule has 2 fully saturated rings. The minimum Gasteiger partial charge on any atom is -0.456 e. The van der Waals surface area contributed by atoms with E-state index >= 15 is 0 Å². The normalized spacial score (nSPS) is 27.8.